The number of aliphatic carboxylic acids is 1. The summed E-state index contributed by atoms with van der Waals surface area (Å²) in [5.41, 5.74) is -1.86. The first-order valence-electron chi connectivity index (χ1n) is 6.07. The van der Waals surface area contributed by atoms with Gasteiger partial charge in [0.25, 0.3) is 0 Å². The van der Waals surface area contributed by atoms with E-state index in [0.717, 1.165) is 6.07 Å². The van der Waals surface area contributed by atoms with E-state index in [1.807, 2.05) is 0 Å². The van der Waals surface area contributed by atoms with Crippen molar-refractivity contribution in [1.82, 2.24) is 0 Å². The summed E-state index contributed by atoms with van der Waals surface area (Å²) in [5, 5.41) is 12.4. The van der Waals surface area contributed by atoms with Gasteiger partial charge < -0.3 is 10.4 Å². The van der Waals surface area contributed by atoms with Gasteiger partial charge >= 0.3 is 5.97 Å². The molecule has 2 aromatic carbocycles. The van der Waals surface area contributed by atoms with Gasteiger partial charge in [0.05, 0.1) is 10.7 Å². The second-order valence-corrected chi connectivity index (χ2v) is 5.04. The van der Waals surface area contributed by atoms with Crippen molar-refractivity contribution >= 4 is 23.3 Å². The Labute approximate surface area is 125 Å². The molecule has 0 saturated carbocycles. The molecular weight excluding hydrogens is 300 g/mol. The molecule has 110 valence electrons. The van der Waals surface area contributed by atoms with Gasteiger partial charge in [0.1, 0.15) is 0 Å². The lowest BCUT2D eigenvalue weighted by atomic mass is 9.91. The standard InChI is InChI=1S/C15H12ClF2NO2/c1-15(14(20)21,9-5-4-7-11(17)13(9)18)19-12-8-3-2-6-10(12)16/h2-8,19H,1H3,(H,20,21). The van der Waals surface area contributed by atoms with E-state index in [2.05, 4.69) is 5.32 Å². The van der Waals surface area contributed by atoms with E-state index in [1.54, 1.807) is 24.3 Å². The highest BCUT2D eigenvalue weighted by atomic mass is 35.5. The molecule has 0 heterocycles. The first-order valence-corrected chi connectivity index (χ1v) is 6.44. The van der Waals surface area contributed by atoms with Crippen LogP contribution >= 0.6 is 11.6 Å². The number of carboxylic acid groups (broad SMARTS) is 1. The van der Waals surface area contributed by atoms with Crippen molar-refractivity contribution < 1.29 is 18.7 Å². The fraction of sp³-hybridized carbons (Fsp3) is 0.133. The molecule has 0 aromatic heterocycles. The molecule has 0 amide bonds. The molecule has 0 fully saturated rings. The van der Waals surface area contributed by atoms with Crippen LogP contribution in [-0.2, 0) is 10.3 Å². The van der Waals surface area contributed by atoms with Crippen LogP contribution in [0.5, 0.6) is 0 Å². The number of benzene rings is 2. The van der Waals surface area contributed by atoms with Crippen LogP contribution in [-0.4, -0.2) is 11.1 Å². The van der Waals surface area contributed by atoms with Crippen LogP contribution in [0.2, 0.25) is 5.02 Å². The van der Waals surface area contributed by atoms with Crippen molar-refractivity contribution in [2.75, 3.05) is 5.32 Å². The highest BCUT2D eigenvalue weighted by molar-refractivity contribution is 6.33. The van der Waals surface area contributed by atoms with Crippen LogP contribution in [0.3, 0.4) is 0 Å². The Balaban J connectivity index is 2.54. The van der Waals surface area contributed by atoms with Gasteiger partial charge in [0, 0.05) is 5.56 Å². The van der Waals surface area contributed by atoms with Crippen molar-refractivity contribution in [3.8, 4) is 0 Å². The fourth-order valence-electron chi connectivity index (χ4n) is 1.96. The predicted molar refractivity (Wildman–Crippen MR) is 76.4 cm³/mol. The molecular formula is C15H12ClF2NO2. The van der Waals surface area contributed by atoms with E-state index in [1.165, 1.54) is 19.1 Å². The molecule has 1 atom stereocenters. The number of hydrogen-bond donors (Lipinski definition) is 2. The minimum Gasteiger partial charge on any atom is -0.479 e. The summed E-state index contributed by atoms with van der Waals surface area (Å²) in [7, 11) is 0. The molecule has 0 aliphatic rings. The first-order chi connectivity index (χ1) is 9.86. The smallest absolute Gasteiger partial charge is 0.333 e. The maximum Gasteiger partial charge on any atom is 0.333 e. The third kappa shape index (κ3) is 2.83. The third-order valence-corrected chi connectivity index (χ3v) is 3.51. The van der Waals surface area contributed by atoms with Gasteiger partial charge in [-0.2, -0.15) is 0 Å². The second kappa shape index (κ2) is 5.69. The lowest BCUT2D eigenvalue weighted by molar-refractivity contribution is -0.142. The summed E-state index contributed by atoms with van der Waals surface area (Å²) in [5.74, 6) is -3.67. The van der Waals surface area contributed by atoms with Gasteiger partial charge in [-0.25, -0.2) is 13.6 Å². The minimum absolute atomic E-state index is 0.279. The molecule has 3 nitrogen and oxygen atoms in total. The van der Waals surface area contributed by atoms with E-state index in [-0.39, 0.29) is 10.6 Å². The third-order valence-electron chi connectivity index (χ3n) is 3.18. The number of carboxylic acids is 1. The average Bonchev–Trinajstić information content (AvgIpc) is 2.44. The van der Waals surface area contributed by atoms with E-state index in [0.29, 0.717) is 5.69 Å². The van der Waals surface area contributed by atoms with Crippen molar-refractivity contribution in [2.24, 2.45) is 0 Å². The number of hydrogen-bond acceptors (Lipinski definition) is 2. The quantitative estimate of drug-likeness (QED) is 0.896. The van der Waals surface area contributed by atoms with Gasteiger partial charge in [0.15, 0.2) is 17.2 Å². The van der Waals surface area contributed by atoms with Crippen LogP contribution in [0.25, 0.3) is 0 Å². The largest absolute Gasteiger partial charge is 0.479 e. The maximum absolute atomic E-state index is 13.9. The Bertz CT molecular complexity index is 693. The predicted octanol–water partition coefficient (Wildman–Crippen LogP) is 4.03. The highest BCUT2D eigenvalue weighted by Crippen LogP contribution is 2.32. The van der Waals surface area contributed by atoms with Crippen molar-refractivity contribution in [1.29, 1.82) is 0 Å². The lowest BCUT2D eigenvalue weighted by Crippen LogP contribution is -2.41. The van der Waals surface area contributed by atoms with Gasteiger partial charge in [-0.1, -0.05) is 35.9 Å². The molecule has 2 N–H and O–H groups in total. The number of rotatable bonds is 4. The zero-order valence-corrected chi connectivity index (χ0v) is 11.8. The summed E-state index contributed by atoms with van der Waals surface area (Å²) in [6.45, 7) is 1.25. The molecule has 0 radical (unpaired) electrons. The molecule has 1 unspecified atom stereocenters. The number of carbonyl (C=O) groups is 1. The van der Waals surface area contributed by atoms with Gasteiger partial charge in [-0.05, 0) is 25.1 Å². The molecule has 0 aliphatic heterocycles. The average molecular weight is 312 g/mol. The fourth-order valence-corrected chi connectivity index (χ4v) is 2.14. The normalized spacial score (nSPS) is 13.5. The first kappa shape index (κ1) is 15.3. The van der Waals surface area contributed by atoms with E-state index in [9.17, 15) is 18.7 Å². The number of halogens is 3. The molecule has 6 heteroatoms. The summed E-state index contributed by atoms with van der Waals surface area (Å²) in [6, 6.07) is 9.85. The van der Waals surface area contributed by atoms with Crippen molar-refractivity contribution in [3.63, 3.8) is 0 Å². The Morgan fingerprint density at radius 1 is 1.19 bits per heavy atom. The van der Waals surface area contributed by atoms with Crippen LogP contribution in [0.1, 0.15) is 12.5 Å². The Kier molecular flexibility index (Phi) is 4.14. The zero-order chi connectivity index (χ0) is 15.6. The number of anilines is 1. The van der Waals surface area contributed by atoms with Crippen LogP contribution < -0.4 is 5.32 Å². The minimum atomic E-state index is -1.86. The second-order valence-electron chi connectivity index (χ2n) is 4.64. The zero-order valence-electron chi connectivity index (χ0n) is 11.0. The molecule has 0 saturated heterocycles. The Hall–Kier alpha value is -2.14. The summed E-state index contributed by atoms with van der Waals surface area (Å²) in [4.78, 5) is 11.6. The Morgan fingerprint density at radius 2 is 1.86 bits per heavy atom. The van der Waals surface area contributed by atoms with Gasteiger partial charge in [-0.3, -0.25) is 0 Å². The van der Waals surface area contributed by atoms with Crippen molar-refractivity contribution in [2.45, 2.75) is 12.5 Å². The summed E-state index contributed by atoms with van der Waals surface area (Å²) < 4.78 is 27.3. The molecule has 21 heavy (non-hydrogen) atoms. The van der Waals surface area contributed by atoms with E-state index >= 15 is 0 Å². The lowest BCUT2D eigenvalue weighted by Gasteiger charge is -2.28. The molecule has 0 spiro atoms. The van der Waals surface area contributed by atoms with E-state index < -0.39 is 23.1 Å². The van der Waals surface area contributed by atoms with E-state index in [4.69, 9.17) is 11.6 Å². The van der Waals surface area contributed by atoms with Gasteiger partial charge in [-0.15, -0.1) is 0 Å². The summed E-state index contributed by atoms with van der Waals surface area (Å²) in [6.07, 6.45) is 0. The molecule has 2 rings (SSSR count). The SMILES string of the molecule is CC(Nc1ccccc1Cl)(C(=O)O)c1cccc(F)c1F. The topological polar surface area (TPSA) is 49.3 Å². The summed E-state index contributed by atoms with van der Waals surface area (Å²) >= 11 is 5.97. The molecule has 2 aromatic rings. The van der Waals surface area contributed by atoms with Crippen molar-refractivity contribution in [3.05, 3.63) is 64.7 Å². The Morgan fingerprint density at radius 3 is 2.48 bits per heavy atom. The molecule has 0 aliphatic carbocycles. The number of para-hydroxylation sites is 1. The maximum atomic E-state index is 13.9. The van der Waals surface area contributed by atoms with Gasteiger partial charge in [0.2, 0.25) is 0 Å². The highest BCUT2D eigenvalue weighted by Gasteiger charge is 2.38. The van der Waals surface area contributed by atoms with Crippen LogP contribution in [0, 0.1) is 11.6 Å². The van der Waals surface area contributed by atoms with Crippen LogP contribution in [0.4, 0.5) is 14.5 Å². The monoisotopic (exact) mass is 311 g/mol. The number of nitrogens with one attached hydrogen (secondary N) is 1. The van der Waals surface area contributed by atoms with Crippen LogP contribution in [0.15, 0.2) is 42.5 Å². The molecule has 0 bridgehead atoms.